The Morgan fingerprint density at radius 1 is 1.12 bits per heavy atom. The van der Waals surface area contributed by atoms with E-state index < -0.39 is 6.04 Å². The molecule has 32 heavy (non-hydrogen) atoms. The second-order valence-electron chi connectivity index (χ2n) is 8.56. The number of carbonyl (C=O) groups excluding carboxylic acids is 2. The lowest BCUT2D eigenvalue weighted by Gasteiger charge is -2.38. The van der Waals surface area contributed by atoms with Crippen LogP contribution in [0.3, 0.4) is 0 Å². The molecule has 3 rings (SSSR count). The van der Waals surface area contributed by atoms with E-state index in [0.29, 0.717) is 19.5 Å². The van der Waals surface area contributed by atoms with Crippen LogP contribution < -0.4 is 4.74 Å². The highest BCUT2D eigenvalue weighted by molar-refractivity contribution is 5.88. The van der Waals surface area contributed by atoms with Crippen LogP contribution in [0, 0.1) is 11.7 Å². The lowest BCUT2D eigenvalue weighted by atomic mass is 10.00. The standard InChI is InChI=1S/C26H31FN2O3/c1-18(2)16-25(30)28-15-5-6-24(21-9-13-23(32-4)14-10-21)29(26(31)19(28)3)17-20-7-11-22(27)12-8-20/h5-14,18-19,24H,15-17H2,1-4H3/b6-5-/t19-,24+/m0/s1. The molecule has 0 fully saturated rings. The van der Waals surface area contributed by atoms with E-state index in [0.717, 1.165) is 16.9 Å². The molecule has 0 aliphatic carbocycles. The molecule has 0 bridgehead atoms. The quantitative estimate of drug-likeness (QED) is 0.613. The van der Waals surface area contributed by atoms with Crippen LogP contribution in [0.4, 0.5) is 4.39 Å². The van der Waals surface area contributed by atoms with Gasteiger partial charge < -0.3 is 14.5 Å². The largest absolute Gasteiger partial charge is 0.497 e. The molecule has 1 aliphatic heterocycles. The number of hydrogen-bond acceptors (Lipinski definition) is 3. The molecule has 5 nitrogen and oxygen atoms in total. The van der Waals surface area contributed by atoms with E-state index in [1.807, 2.05) is 50.3 Å². The van der Waals surface area contributed by atoms with Crippen molar-refractivity contribution >= 4 is 11.8 Å². The van der Waals surface area contributed by atoms with Crippen LogP contribution in [0.5, 0.6) is 5.75 Å². The van der Waals surface area contributed by atoms with E-state index in [1.165, 1.54) is 12.1 Å². The molecule has 0 radical (unpaired) electrons. The van der Waals surface area contributed by atoms with E-state index in [1.54, 1.807) is 36.0 Å². The maximum atomic E-state index is 13.7. The van der Waals surface area contributed by atoms with Crippen molar-refractivity contribution in [1.82, 2.24) is 9.80 Å². The zero-order valence-corrected chi connectivity index (χ0v) is 19.1. The molecule has 2 atom stereocenters. The van der Waals surface area contributed by atoms with Gasteiger partial charge in [0.2, 0.25) is 11.8 Å². The van der Waals surface area contributed by atoms with Gasteiger partial charge in [-0.25, -0.2) is 4.39 Å². The van der Waals surface area contributed by atoms with E-state index >= 15 is 0 Å². The number of halogens is 1. The topological polar surface area (TPSA) is 49.9 Å². The zero-order chi connectivity index (χ0) is 23.3. The van der Waals surface area contributed by atoms with Crippen LogP contribution in [0.25, 0.3) is 0 Å². The van der Waals surface area contributed by atoms with Gasteiger partial charge in [-0.05, 0) is 48.2 Å². The number of benzene rings is 2. The van der Waals surface area contributed by atoms with Crippen LogP contribution in [0.2, 0.25) is 0 Å². The SMILES string of the molecule is COc1ccc([C@H]2/C=C\CN(C(=O)CC(C)C)[C@@H](C)C(=O)N2Cc2ccc(F)cc2)cc1. The Morgan fingerprint density at radius 3 is 2.38 bits per heavy atom. The fourth-order valence-electron chi connectivity index (χ4n) is 3.91. The van der Waals surface area contributed by atoms with Crippen molar-refractivity contribution in [3.63, 3.8) is 0 Å². The van der Waals surface area contributed by atoms with Gasteiger partial charge >= 0.3 is 0 Å². The maximum Gasteiger partial charge on any atom is 0.246 e. The van der Waals surface area contributed by atoms with Crippen molar-refractivity contribution < 1.29 is 18.7 Å². The number of nitrogens with zero attached hydrogens (tertiary/aromatic N) is 2. The van der Waals surface area contributed by atoms with Gasteiger partial charge in [0.15, 0.2) is 0 Å². The van der Waals surface area contributed by atoms with Crippen molar-refractivity contribution in [2.24, 2.45) is 5.92 Å². The summed E-state index contributed by atoms with van der Waals surface area (Å²) in [6.45, 7) is 6.45. The van der Waals surface area contributed by atoms with E-state index in [9.17, 15) is 14.0 Å². The maximum absolute atomic E-state index is 13.7. The van der Waals surface area contributed by atoms with Crippen molar-refractivity contribution in [2.75, 3.05) is 13.7 Å². The first-order chi connectivity index (χ1) is 15.3. The molecule has 6 heteroatoms. The Hall–Kier alpha value is -3.15. The highest BCUT2D eigenvalue weighted by Crippen LogP contribution is 2.29. The molecule has 2 amide bonds. The van der Waals surface area contributed by atoms with Gasteiger partial charge in [0.05, 0.1) is 13.2 Å². The van der Waals surface area contributed by atoms with Crippen LogP contribution in [0.1, 0.15) is 44.4 Å². The van der Waals surface area contributed by atoms with E-state index in [4.69, 9.17) is 4.74 Å². The Kier molecular flexibility index (Phi) is 7.67. The van der Waals surface area contributed by atoms with Crippen LogP contribution in [-0.4, -0.2) is 41.3 Å². The number of rotatable bonds is 6. The molecule has 2 aromatic carbocycles. The summed E-state index contributed by atoms with van der Waals surface area (Å²) in [5.74, 6) is 0.449. The van der Waals surface area contributed by atoms with E-state index in [-0.39, 0.29) is 29.6 Å². The third-order valence-corrected chi connectivity index (χ3v) is 5.69. The molecule has 0 N–H and O–H groups in total. The third-order valence-electron chi connectivity index (χ3n) is 5.69. The Morgan fingerprint density at radius 2 is 1.78 bits per heavy atom. The van der Waals surface area contributed by atoms with Crippen molar-refractivity contribution in [2.45, 2.75) is 45.8 Å². The molecule has 0 spiro atoms. The average molecular weight is 439 g/mol. The van der Waals surface area contributed by atoms with Crippen molar-refractivity contribution in [3.05, 3.63) is 77.6 Å². The van der Waals surface area contributed by atoms with Crippen molar-refractivity contribution in [1.29, 1.82) is 0 Å². The Balaban J connectivity index is 1.98. The van der Waals surface area contributed by atoms with Crippen LogP contribution >= 0.6 is 0 Å². The first-order valence-corrected chi connectivity index (χ1v) is 10.9. The minimum absolute atomic E-state index is 0.0323. The third kappa shape index (κ3) is 5.55. The first kappa shape index (κ1) is 23.5. The summed E-state index contributed by atoms with van der Waals surface area (Å²) < 4.78 is 18.7. The minimum atomic E-state index is -0.604. The average Bonchev–Trinajstić information content (AvgIpc) is 2.77. The van der Waals surface area contributed by atoms with Gasteiger partial charge in [-0.2, -0.15) is 0 Å². The molecule has 2 aromatic rings. The number of amides is 2. The summed E-state index contributed by atoms with van der Waals surface area (Å²) in [5, 5.41) is 0. The normalized spacial score (nSPS) is 20.1. The summed E-state index contributed by atoms with van der Waals surface area (Å²) in [6, 6.07) is 12.8. The lowest BCUT2D eigenvalue weighted by Crippen LogP contribution is -2.51. The highest BCUT2D eigenvalue weighted by atomic mass is 19.1. The molecular weight excluding hydrogens is 407 g/mol. The van der Waals surface area contributed by atoms with Crippen LogP contribution in [0.15, 0.2) is 60.7 Å². The summed E-state index contributed by atoms with van der Waals surface area (Å²) in [4.78, 5) is 29.9. The Bertz CT molecular complexity index is 954. The second kappa shape index (κ2) is 10.4. The molecule has 0 saturated heterocycles. The molecule has 1 heterocycles. The summed E-state index contributed by atoms with van der Waals surface area (Å²) in [6.07, 6.45) is 4.31. The number of ether oxygens (including phenoxy) is 1. The fraction of sp³-hybridized carbons (Fsp3) is 0.385. The number of carbonyl (C=O) groups is 2. The number of hydrogen-bond donors (Lipinski definition) is 0. The van der Waals surface area contributed by atoms with Crippen molar-refractivity contribution in [3.8, 4) is 5.75 Å². The van der Waals surface area contributed by atoms with Gasteiger partial charge in [-0.1, -0.05) is 50.3 Å². The van der Waals surface area contributed by atoms with Gasteiger partial charge in [-0.15, -0.1) is 0 Å². The van der Waals surface area contributed by atoms with Gasteiger partial charge in [0, 0.05) is 19.5 Å². The predicted octanol–water partition coefficient (Wildman–Crippen LogP) is 4.74. The Labute approximate surface area is 189 Å². The molecule has 0 unspecified atom stereocenters. The minimum Gasteiger partial charge on any atom is -0.497 e. The lowest BCUT2D eigenvalue weighted by molar-refractivity contribution is -0.147. The van der Waals surface area contributed by atoms with Gasteiger partial charge in [0.1, 0.15) is 17.6 Å². The predicted molar refractivity (Wildman–Crippen MR) is 122 cm³/mol. The zero-order valence-electron chi connectivity index (χ0n) is 19.1. The molecule has 0 aromatic heterocycles. The summed E-state index contributed by atoms with van der Waals surface area (Å²) >= 11 is 0. The molecular formula is C26H31FN2O3. The van der Waals surface area contributed by atoms with Crippen LogP contribution in [-0.2, 0) is 16.1 Å². The summed E-state index contributed by atoms with van der Waals surface area (Å²) in [5.41, 5.74) is 1.76. The monoisotopic (exact) mass is 438 g/mol. The first-order valence-electron chi connectivity index (χ1n) is 10.9. The smallest absolute Gasteiger partial charge is 0.246 e. The fourth-order valence-corrected chi connectivity index (χ4v) is 3.91. The molecule has 1 aliphatic rings. The second-order valence-corrected chi connectivity index (χ2v) is 8.56. The van der Waals surface area contributed by atoms with Gasteiger partial charge in [0.25, 0.3) is 0 Å². The number of methoxy groups -OCH3 is 1. The van der Waals surface area contributed by atoms with E-state index in [2.05, 4.69) is 0 Å². The highest BCUT2D eigenvalue weighted by Gasteiger charge is 2.34. The van der Waals surface area contributed by atoms with Gasteiger partial charge in [-0.3, -0.25) is 9.59 Å². The molecule has 170 valence electrons. The summed E-state index contributed by atoms with van der Waals surface area (Å²) in [7, 11) is 1.61. The molecule has 0 saturated carbocycles.